The topological polar surface area (TPSA) is 107 Å². The first-order valence-electron chi connectivity index (χ1n) is 5.65. The van der Waals surface area contributed by atoms with Crippen LogP contribution in [0.1, 0.15) is 15.9 Å². The highest BCUT2D eigenvalue weighted by Gasteiger charge is 2.49. The first-order chi connectivity index (χ1) is 10.7. The smallest absolute Gasteiger partial charge is 0.478 e. The molecule has 0 aliphatic rings. The lowest BCUT2D eigenvalue weighted by Crippen LogP contribution is -2.34. The van der Waals surface area contributed by atoms with Gasteiger partial charge in [-0.3, -0.25) is 0 Å². The fraction of sp³-hybridized carbons (Fsp3) is 0.250. The minimum atomic E-state index is -5.62. The first kappa shape index (κ1) is 21.2. The number of nitrogens with two attached hydrogens (primary N) is 1. The summed E-state index contributed by atoms with van der Waals surface area (Å²) in [5, 5.41) is 8.61. The molecule has 3 N–H and O–H groups in total. The number of nitrogen functional groups attached to an aromatic ring is 1. The van der Waals surface area contributed by atoms with E-state index >= 15 is 0 Å². The van der Waals surface area contributed by atoms with E-state index in [-0.39, 0.29) is 5.56 Å². The van der Waals surface area contributed by atoms with E-state index in [2.05, 4.69) is 4.74 Å². The Morgan fingerprint density at radius 3 is 1.71 bits per heavy atom. The van der Waals surface area contributed by atoms with E-state index in [0.29, 0.717) is 5.69 Å². The van der Waals surface area contributed by atoms with Crippen molar-refractivity contribution in [1.29, 1.82) is 0 Å². The average molecular weight is 361 g/mol. The lowest BCUT2D eigenvalue weighted by molar-refractivity contribution is -0.221. The third kappa shape index (κ3) is 6.98. The average Bonchev–Trinajstić information content (AvgIpc) is 2.39. The van der Waals surface area contributed by atoms with Gasteiger partial charge in [0.2, 0.25) is 0 Å². The standard InChI is InChI=1S/C8H9NO2.C4F6O3/c1-5-2-3-7(9)6(4-5)8(10)11;5-3(6,7)1(11)13-2(12)4(8,9)10/h2-4H,9H2,1H3,(H,10,11);. The molecule has 1 aromatic carbocycles. The molecule has 0 amide bonds. The van der Waals surface area contributed by atoms with Crippen molar-refractivity contribution in [3.8, 4) is 0 Å². The number of carboxylic acids is 1. The van der Waals surface area contributed by atoms with E-state index in [0.717, 1.165) is 5.56 Å². The fourth-order valence-electron chi connectivity index (χ4n) is 1.06. The third-order valence-electron chi connectivity index (χ3n) is 2.09. The number of carbonyl (C=O) groups excluding carboxylic acids is 2. The molecule has 0 aliphatic carbocycles. The number of halogens is 6. The van der Waals surface area contributed by atoms with Gasteiger partial charge in [0.15, 0.2) is 0 Å². The Kier molecular flexibility index (Phi) is 6.77. The molecule has 134 valence electrons. The highest BCUT2D eigenvalue weighted by atomic mass is 19.4. The molecule has 6 nitrogen and oxygen atoms in total. The summed E-state index contributed by atoms with van der Waals surface area (Å²) in [7, 11) is 0. The molecule has 0 aliphatic heterocycles. The number of carboxylic acid groups (broad SMARTS) is 1. The summed E-state index contributed by atoms with van der Waals surface area (Å²) < 4.78 is 69.7. The number of benzene rings is 1. The van der Waals surface area contributed by atoms with Crippen molar-refractivity contribution >= 4 is 23.6 Å². The molecule has 24 heavy (non-hydrogen) atoms. The van der Waals surface area contributed by atoms with Crippen LogP contribution < -0.4 is 5.73 Å². The summed E-state index contributed by atoms with van der Waals surface area (Å²) in [6.07, 6.45) is -11.2. The quantitative estimate of drug-likeness (QED) is 0.344. The molecule has 0 saturated heterocycles. The zero-order valence-corrected chi connectivity index (χ0v) is 11.7. The second kappa shape index (κ2) is 7.66. The molecule has 12 heteroatoms. The molecule has 0 atom stereocenters. The lowest BCUT2D eigenvalue weighted by atomic mass is 10.1. The zero-order chi connectivity index (χ0) is 19.3. The number of hydrogen-bond acceptors (Lipinski definition) is 5. The molecule has 0 heterocycles. The molecule has 1 rings (SSSR count). The van der Waals surface area contributed by atoms with E-state index in [1.165, 1.54) is 0 Å². The van der Waals surface area contributed by atoms with Gasteiger partial charge in [0.25, 0.3) is 0 Å². The summed E-state index contributed by atoms with van der Waals surface area (Å²) in [6.45, 7) is 1.83. The highest BCUT2D eigenvalue weighted by molar-refractivity contribution is 5.93. The van der Waals surface area contributed by atoms with Gasteiger partial charge in [0.1, 0.15) is 0 Å². The summed E-state index contributed by atoms with van der Waals surface area (Å²) in [4.78, 5) is 29.8. The summed E-state index contributed by atoms with van der Waals surface area (Å²) >= 11 is 0. The Bertz CT molecular complexity index is 614. The van der Waals surface area contributed by atoms with Gasteiger partial charge in [-0.05, 0) is 19.1 Å². The van der Waals surface area contributed by atoms with Gasteiger partial charge in [0.05, 0.1) is 5.56 Å². The molecular formula is C12H9F6NO5. The number of aryl methyl sites for hydroxylation is 1. The Morgan fingerprint density at radius 1 is 1.00 bits per heavy atom. The number of alkyl halides is 6. The predicted octanol–water partition coefficient (Wildman–Crippen LogP) is 2.46. The number of ether oxygens (including phenoxy) is 1. The van der Waals surface area contributed by atoms with E-state index in [4.69, 9.17) is 10.8 Å². The predicted molar refractivity (Wildman–Crippen MR) is 65.8 cm³/mol. The highest BCUT2D eigenvalue weighted by Crippen LogP contribution is 2.21. The van der Waals surface area contributed by atoms with Crippen molar-refractivity contribution in [1.82, 2.24) is 0 Å². The lowest BCUT2D eigenvalue weighted by Gasteiger charge is -2.06. The SMILES string of the molecule is Cc1ccc(N)c(C(=O)O)c1.O=C(OC(=O)C(F)(F)F)C(F)(F)F. The van der Waals surface area contributed by atoms with Crippen LogP contribution in [0.2, 0.25) is 0 Å². The van der Waals surface area contributed by atoms with E-state index in [1.54, 1.807) is 18.2 Å². The number of rotatable bonds is 1. The first-order valence-corrected chi connectivity index (χ1v) is 5.65. The fourth-order valence-corrected chi connectivity index (χ4v) is 1.06. The summed E-state index contributed by atoms with van der Waals surface area (Å²) in [6, 6.07) is 4.93. The van der Waals surface area contributed by atoms with Gasteiger partial charge in [0, 0.05) is 5.69 Å². The van der Waals surface area contributed by atoms with Gasteiger partial charge in [-0.2, -0.15) is 26.3 Å². The molecule has 0 saturated carbocycles. The van der Waals surface area contributed by atoms with Crippen molar-refractivity contribution in [2.75, 3.05) is 5.73 Å². The van der Waals surface area contributed by atoms with Gasteiger partial charge in [-0.1, -0.05) is 11.6 Å². The van der Waals surface area contributed by atoms with Crippen molar-refractivity contribution in [2.45, 2.75) is 19.3 Å². The molecule has 0 fully saturated rings. The molecule has 0 bridgehead atoms. The van der Waals surface area contributed by atoms with Gasteiger partial charge in [-0.15, -0.1) is 0 Å². The number of aromatic carboxylic acids is 1. The van der Waals surface area contributed by atoms with Gasteiger partial charge in [-0.25, -0.2) is 14.4 Å². The third-order valence-corrected chi connectivity index (χ3v) is 2.09. The van der Waals surface area contributed by atoms with E-state index in [1.807, 2.05) is 6.92 Å². The minimum Gasteiger partial charge on any atom is -0.478 e. The van der Waals surface area contributed by atoms with Crippen molar-refractivity contribution in [3.05, 3.63) is 29.3 Å². The number of esters is 2. The van der Waals surface area contributed by atoms with Crippen LogP contribution in [0.5, 0.6) is 0 Å². The van der Waals surface area contributed by atoms with Crippen LogP contribution in [0.3, 0.4) is 0 Å². The maximum atomic E-state index is 11.2. The van der Waals surface area contributed by atoms with Crippen molar-refractivity contribution in [2.24, 2.45) is 0 Å². The Balaban J connectivity index is 0.000000446. The number of hydrogen-bond donors (Lipinski definition) is 2. The monoisotopic (exact) mass is 361 g/mol. The largest absolute Gasteiger partial charge is 0.491 e. The second-order valence-corrected chi connectivity index (χ2v) is 4.07. The van der Waals surface area contributed by atoms with Crippen LogP contribution in [0, 0.1) is 6.92 Å². The molecule has 0 unspecified atom stereocenters. The minimum absolute atomic E-state index is 0.171. The number of anilines is 1. The molecule has 0 aromatic heterocycles. The molecular weight excluding hydrogens is 352 g/mol. The Labute approximate surface area is 129 Å². The van der Waals surface area contributed by atoms with Crippen LogP contribution in [0.4, 0.5) is 32.0 Å². The normalized spacial score (nSPS) is 11.1. The van der Waals surface area contributed by atoms with E-state index in [9.17, 15) is 40.7 Å². The molecule has 0 radical (unpaired) electrons. The van der Waals surface area contributed by atoms with Crippen LogP contribution in [0.25, 0.3) is 0 Å². The van der Waals surface area contributed by atoms with Crippen molar-refractivity contribution in [3.63, 3.8) is 0 Å². The molecule has 0 spiro atoms. The van der Waals surface area contributed by atoms with Gasteiger partial charge >= 0.3 is 30.3 Å². The molecule has 1 aromatic rings. The maximum Gasteiger partial charge on any atom is 0.491 e. The summed E-state index contributed by atoms with van der Waals surface area (Å²) in [5.41, 5.74) is 6.79. The van der Waals surface area contributed by atoms with Crippen LogP contribution in [-0.2, 0) is 14.3 Å². The summed E-state index contributed by atoms with van der Waals surface area (Å²) in [5.74, 6) is -7.38. The zero-order valence-electron chi connectivity index (χ0n) is 11.7. The van der Waals surface area contributed by atoms with E-state index < -0.39 is 30.3 Å². The Hall–Kier alpha value is -2.79. The maximum absolute atomic E-state index is 11.2. The Morgan fingerprint density at radius 2 is 1.42 bits per heavy atom. The van der Waals surface area contributed by atoms with Crippen LogP contribution in [0.15, 0.2) is 18.2 Å². The second-order valence-electron chi connectivity index (χ2n) is 4.07. The number of carbonyl (C=O) groups is 3. The van der Waals surface area contributed by atoms with Crippen LogP contribution in [-0.4, -0.2) is 35.4 Å². The van der Waals surface area contributed by atoms with Crippen LogP contribution >= 0.6 is 0 Å². The van der Waals surface area contributed by atoms with Gasteiger partial charge < -0.3 is 15.6 Å². The van der Waals surface area contributed by atoms with Crippen molar-refractivity contribution < 1.29 is 50.6 Å².